The summed E-state index contributed by atoms with van der Waals surface area (Å²) in [5, 5.41) is 0. The second kappa shape index (κ2) is 7.32. The molecule has 0 saturated heterocycles. The van der Waals surface area contributed by atoms with Crippen LogP contribution < -0.4 is 4.74 Å². The maximum atomic E-state index is 14.2. The summed E-state index contributed by atoms with van der Waals surface area (Å²) in [6.07, 6.45) is -0.149. The Kier molecular flexibility index (Phi) is 5.65. The van der Waals surface area contributed by atoms with Gasteiger partial charge in [0.2, 0.25) is 0 Å². The third kappa shape index (κ3) is 4.24. The van der Waals surface area contributed by atoms with Crippen molar-refractivity contribution in [1.82, 2.24) is 0 Å². The minimum Gasteiger partial charge on any atom is -0.491 e. The standard InChI is InChI=1S/C17H20F4O2/c1-2-23-14-9-8-12(15(16(14)18)17(19,20)21)13(22)10-11-6-4-3-5-7-11/h8-9,11H,2-7,10H2,1H3. The normalized spacial score (nSPS) is 16.4. The van der Waals surface area contributed by atoms with Gasteiger partial charge in [-0.2, -0.15) is 13.2 Å². The number of hydrogen-bond acceptors (Lipinski definition) is 2. The zero-order valence-corrected chi connectivity index (χ0v) is 13.0. The highest BCUT2D eigenvalue weighted by Gasteiger charge is 2.40. The second-order valence-corrected chi connectivity index (χ2v) is 5.86. The molecule has 0 aromatic heterocycles. The van der Waals surface area contributed by atoms with Gasteiger partial charge in [-0.25, -0.2) is 4.39 Å². The average molecular weight is 332 g/mol. The highest BCUT2D eigenvalue weighted by atomic mass is 19.4. The van der Waals surface area contributed by atoms with Crippen LogP contribution in [0, 0.1) is 11.7 Å². The van der Waals surface area contributed by atoms with Crippen molar-refractivity contribution in [1.29, 1.82) is 0 Å². The van der Waals surface area contributed by atoms with Crippen LogP contribution in [0.2, 0.25) is 0 Å². The summed E-state index contributed by atoms with van der Waals surface area (Å²) in [6.45, 7) is 1.60. The van der Waals surface area contributed by atoms with Crippen LogP contribution in [0.5, 0.6) is 5.75 Å². The maximum Gasteiger partial charge on any atom is 0.420 e. The van der Waals surface area contributed by atoms with Crippen LogP contribution >= 0.6 is 0 Å². The van der Waals surface area contributed by atoms with E-state index in [1.54, 1.807) is 6.92 Å². The van der Waals surface area contributed by atoms with Gasteiger partial charge in [-0.05, 0) is 25.0 Å². The van der Waals surface area contributed by atoms with Gasteiger partial charge in [-0.3, -0.25) is 4.79 Å². The molecule has 0 amide bonds. The number of hydrogen-bond donors (Lipinski definition) is 0. The van der Waals surface area contributed by atoms with Gasteiger partial charge in [-0.1, -0.05) is 32.1 Å². The lowest BCUT2D eigenvalue weighted by Crippen LogP contribution is -2.19. The number of halogens is 4. The SMILES string of the molecule is CCOc1ccc(C(=O)CC2CCCCC2)c(C(F)(F)F)c1F. The van der Waals surface area contributed by atoms with Crippen molar-refractivity contribution >= 4 is 5.78 Å². The van der Waals surface area contributed by atoms with Crippen LogP contribution in [0.4, 0.5) is 17.6 Å². The summed E-state index contributed by atoms with van der Waals surface area (Å²) in [5.41, 5.74) is -2.10. The Bertz CT molecular complexity index is 560. The summed E-state index contributed by atoms with van der Waals surface area (Å²) in [4.78, 5) is 12.3. The summed E-state index contributed by atoms with van der Waals surface area (Å²) >= 11 is 0. The van der Waals surface area contributed by atoms with E-state index >= 15 is 0 Å². The van der Waals surface area contributed by atoms with Gasteiger partial charge in [0, 0.05) is 12.0 Å². The lowest BCUT2D eigenvalue weighted by Gasteiger charge is -2.22. The number of alkyl halides is 3. The molecule has 0 unspecified atom stereocenters. The van der Waals surface area contributed by atoms with E-state index in [1.165, 1.54) is 0 Å². The minimum atomic E-state index is -4.94. The molecule has 0 heterocycles. The fourth-order valence-electron chi connectivity index (χ4n) is 3.10. The van der Waals surface area contributed by atoms with Crippen molar-refractivity contribution in [3.63, 3.8) is 0 Å². The van der Waals surface area contributed by atoms with Gasteiger partial charge in [0.15, 0.2) is 17.3 Å². The van der Waals surface area contributed by atoms with E-state index in [2.05, 4.69) is 0 Å². The van der Waals surface area contributed by atoms with E-state index in [9.17, 15) is 22.4 Å². The monoisotopic (exact) mass is 332 g/mol. The van der Waals surface area contributed by atoms with E-state index in [-0.39, 0.29) is 18.9 Å². The molecule has 2 nitrogen and oxygen atoms in total. The Morgan fingerprint density at radius 1 is 1.22 bits per heavy atom. The van der Waals surface area contributed by atoms with E-state index in [0.717, 1.165) is 44.2 Å². The third-order valence-corrected chi connectivity index (χ3v) is 4.19. The van der Waals surface area contributed by atoms with E-state index < -0.39 is 34.7 Å². The summed E-state index contributed by atoms with van der Waals surface area (Å²) in [7, 11) is 0. The molecule has 1 saturated carbocycles. The Morgan fingerprint density at radius 2 is 1.87 bits per heavy atom. The second-order valence-electron chi connectivity index (χ2n) is 5.86. The molecule has 0 spiro atoms. The molecule has 0 radical (unpaired) electrons. The van der Waals surface area contributed by atoms with Gasteiger partial charge < -0.3 is 4.74 Å². The van der Waals surface area contributed by atoms with Crippen molar-refractivity contribution in [2.75, 3.05) is 6.61 Å². The Balaban J connectivity index is 2.32. The molecule has 0 aliphatic heterocycles. The van der Waals surface area contributed by atoms with Gasteiger partial charge in [0.05, 0.1) is 6.61 Å². The largest absolute Gasteiger partial charge is 0.491 e. The first-order valence-corrected chi connectivity index (χ1v) is 7.90. The van der Waals surface area contributed by atoms with Crippen LogP contribution in [0.3, 0.4) is 0 Å². The van der Waals surface area contributed by atoms with Crippen molar-refractivity contribution in [2.45, 2.75) is 51.6 Å². The van der Waals surface area contributed by atoms with Crippen molar-refractivity contribution in [3.8, 4) is 5.75 Å². The molecule has 1 fully saturated rings. The predicted molar refractivity (Wildman–Crippen MR) is 78.1 cm³/mol. The molecule has 1 aromatic rings. The van der Waals surface area contributed by atoms with Gasteiger partial charge in [0.1, 0.15) is 5.56 Å². The fraction of sp³-hybridized carbons (Fsp3) is 0.588. The van der Waals surface area contributed by atoms with Crippen molar-refractivity contribution < 1.29 is 27.1 Å². The first-order chi connectivity index (χ1) is 10.8. The molecule has 0 bridgehead atoms. The quantitative estimate of drug-likeness (QED) is 0.533. The number of Topliss-reactive ketones (excluding diaryl/α,β-unsaturated/α-hetero) is 1. The number of benzene rings is 1. The fourth-order valence-corrected chi connectivity index (χ4v) is 3.10. The number of carbonyl (C=O) groups excluding carboxylic acids is 1. The molecular formula is C17H20F4O2. The highest BCUT2D eigenvalue weighted by Crippen LogP contribution is 2.39. The van der Waals surface area contributed by atoms with Crippen LogP contribution in [-0.2, 0) is 6.18 Å². The molecule has 2 rings (SSSR count). The van der Waals surface area contributed by atoms with Crippen LogP contribution in [0.15, 0.2) is 12.1 Å². The van der Waals surface area contributed by atoms with Crippen molar-refractivity contribution in [3.05, 3.63) is 29.1 Å². The Labute approximate surface area is 132 Å². The summed E-state index contributed by atoms with van der Waals surface area (Å²) < 4.78 is 58.7. The summed E-state index contributed by atoms with van der Waals surface area (Å²) in [6, 6.07) is 2.13. The molecule has 1 aliphatic rings. The number of ketones is 1. The Morgan fingerprint density at radius 3 is 2.43 bits per heavy atom. The van der Waals surface area contributed by atoms with E-state index in [0.29, 0.717) is 0 Å². The molecule has 128 valence electrons. The number of ether oxygens (including phenoxy) is 1. The average Bonchev–Trinajstić information content (AvgIpc) is 2.49. The molecule has 0 N–H and O–H groups in total. The van der Waals surface area contributed by atoms with Gasteiger partial charge >= 0.3 is 6.18 Å². The lowest BCUT2D eigenvalue weighted by atomic mass is 9.84. The minimum absolute atomic E-state index is 0.0382. The topological polar surface area (TPSA) is 26.3 Å². The molecule has 1 aliphatic carbocycles. The van der Waals surface area contributed by atoms with Gasteiger partial charge in [-0.15, -0.1) is 0 Å². The predicted octanol–water partition coefficient (Wildman–Crippen LogP) is 5.40. The van der Waals surface area contributed by atoms with Crippen LogP contribution in [-0.4, -0.2) is 12.4 Å². The van der Waals surface area contributed by atoms with Gasteiger partial charge in [0.25, 0.3) is 0 Å². The zero-order valence-electron chi connectivity index (χ0n) is 13.0. The van der Waals surface area contributed by atoms with Crippen LogP contribution in [0.1, 0.15) is 61.4 Å². The van der Waals surface area contributed by atoms with Crippen molar-refractivity contribution in [2.24, 2.45) is 5.92 Å². The maximum absolute atomic E-state index is 14.2. The Hall–Kier alpha value is -1.59. The molecule has 1 aromatic carbocycles. The smallest absolute Gasteiger partial charge is 0.420 e. The van der Waals surface area contributed by atoms with Crippen LogP contribution in [0.25, 0.3) is 0 Å². The highest BCUT2D eigenvalue weighted by molar-refractivity contribution is 5.98. The van der Waals surface area contributed by atoms with E-state index in [1.807, 2.05) is 0 Å². The molecule has 0 atom stereocenters. The number of carbonyl (C=O) groups is 1. The first kappa shape index (κ1) is 17.8. The molecule has 23 heavy (non-hydrogen) atoms. The zero-order chi connectivity index (χ0) is 17.0. The number of rotatable bonds is 5. The molecular weight excluding hydrogens is 312 g/mol. The van der Waals surface area contributed by atoms with E-state index in [4.69, 9.17) is 4.74 Å². The lowest BCUT2D eigenvalue weighted by molar-refractivity contribution is -0.140. The summed E-state index contributed by atoms with van der Waals surface area (Å²) in [5.74, 6) is -2.54. The first-order valence-electron chi connectivity index (χ1n) is 7.90. The third-order valence-electron chi connectivity index (χ3n) is 4.19. The molecule has 6 heteroatoms.